The van der Waals surface area contributed by atoms with E-state index in [2.05, 4.69) is 17.1 Å². The Morgan fingerprint density at radius 3 is 2.34 bits per heavy atom. The average molecular weight is 524 g/mol. The Morgan fingerprint density at radius 1 is 1.28 bits per heavy atom. The molecule has 1 amide bonds. The van der Waals surface area contributed by atoms with Crippen molar-refractivity contribution in [1.82, 2.24) is 15.1 Å². The van der Waals surface area contributed by atoms with Gasteiger partial charge in [-0.3, -0.25) is 4.99 Å². The van der Waals surface area contributed by atoms with E-state index < -0.39 is 5.60 Å². The van der Waals surface area contributed by atoms with Gasteiger partial charge in [0.25, 0.3) is 0 Å². The first-order valence-electron chi connectivity index (χ1n) is 10.8. The summed E-state index contributed by atoms with van der Waals surface area (Å²) in [4.78, 5) is 21.3. The van der Waals surface area contributed by atoms with Crippen molar-refractivity contribution in [3.63, 3.8) is 0 Å². The number of amides is 1. The highest BCUT2D eigenvalue weighted by molar-refractivity contribution is 14.0. The number of hydrogen-bond donors (Lipinski definition) is 2. The summed E-state index contributed by atoms with van der Waals surface area (Å²) in [6, 6.07) is 0. The number of ether oxygens (including phenoxy) is 1. The van der Waals surface area contributed by atoms with E-state index in [1.54, 1.807) is 0 Å². The van der Waals surface area contributed by atoms with Crippen LogP contribution in [0.15, 0.2) is 4.99 Å². The first-order valence-corrected chi connectivity index (χ1v) is 10.8. The van der Waals surface area contributed by atoms with Crippen LogP contribution in [0.25, 0.3) is 0 Å². The summed E-state index contributed by atoms with van der Waals surface area (Å²) in [7, 11) is 0. The van der Waals surface area contributed by atoms with E-state index in [4.69, 9.17) is 9.73 Å². The van der Waals surface area contributed by atoms with Crippen molar-refractivity contribution in [2.75, 3.05) is 45.9 Å². The van der Waals surface area contributed by atoms with Crippen molar-refractivity contribution in [1.29, 1.82) is 0 Å². The third-order valence-corrected chi connectivity index (χ3v) is 5.62. The van der Waals surface area contributed by atoms with Crippen molar-refractivity contribution in [2.24, 2.45) is 16.3 Å². The largest absolute Gasteiger partial charge is 0.444 e. The topological polar surface area (TPSA) is 77.4 Å². The Balaban J connectivity index is 0.00000420. The molecule has 170 valence electrons. The molecule has 0 bridgehead atoms. The predicted octanol–water partition coefficient (Wildman–Crippen LogP) is 3.31. The summed E-state index contributed by atoms with van der Waals surface area (Å²) in [5.74, 6) is 1.44. The molecule has 0 spiro atoms. The molecule has 1 aliphatic heterocycles. The average Bonchev–Trinajstić information content (AvgIpc) is 3.43. The Morgan fingerprint density at radius 2 is 1.90 bits per heavy atom. The number of nitrogens with zero attached hydrogens (tertiary/aromatic N) is 3. The molecule has 2 N–H and O–H groups in total. The van der Waals surface area contributed by atoms with Crippen LogP contribution in [0.5, 0.6) is 0 Å². The zero-order valence-electron chi connectivity index (χ0n) is 18.9. The molecule has 7 nitrogen and oxygen atoms in total. The molecule has 2 rings (SSSR count). The third kappa shape index (κ3) is 8.47. The van der Waals surface area contributed by atoms with Crippen molar-refractivity contribution in [2.45, 2.75) is 65.9 Å². The van der Waals surface area contributed by atoms with Crippen molar-refractivity contribution in [3.05, 3.63) is 0 Å². The van der Waals surface area contributed by atoms with Gasteiger partial charge in [0.2, 0.25) is 0 Å². The quantitative estimate of drug-likeness (QED) is 0.304. The van der Waals surface area contributed by atoms with E-state index >= 15 is 0 Å². The van der Waals surface area contributed by atoms with Crippen LogP contribution in [0, 0.1) is 11.3 Å². The van der Waals surface area contributed by atoms with Gasteiger partial charge in [-0.2, -0.15) is 0 Å². The molecule has 2 fully saturated rings. The number of aliphatic hydroxyl groups excluding tert-OH is 1. The number of guanidine groups is 1. The molecule has 0 atom stereocenters. The first-order chi connectivity index (χ1) is 13.2. The number of carbonyl (C=O) groups is 1. The summed E-state index contributed by atoms with van der Waals surface area (Å²) in [5, 5.41) is 12.9. The van der Waals surface area contributed by atoms with Crippen molar-refractivity contribution < 1.29 is 14.6 Å². The number of carbonyl (C=O) groups excluding carboxylic acids is 1. The standard InChI is InChI=1S/C21H40N4O3.HI/c1-6-22-18(23-15-21(16-26)10-11-21)25-12-8-17(9-13-25)14-24(7-2)19(27)28-20(3,4)5;/h17,26H,6-16H2,1-5H3,(H,22,23);1H. The Kier molecular flexibility index (Phi) is 10.5. The van der Waals surface area contributed by atoms with Gasteiger partial charge in [0.1, 0.15) is 5.60 Å². The number of rotatable bonds is 7. The molecule has 1 heterocycles. The highest BCUT2D eigenvalue weighted by Gasteiger charge is 2.42. The summed E-state index contributed by atoms with van der Waals surface area (Å²) in [5.41, 5.74) is -0.424. The number of nitrogens with one attached hydrogen (secondary N) is 1. The molecule has 1 saturated carbocycles. The fraction of sp³-hybridized carbons (Fsp3) is 0.905. The molecule has 0 radical (unpaired) electrons. The maximum Gasteiger partial charge on any atom is 0.410 e. The number of halogens is 1. The second-order valence-electron chi connectivity index (χ2n) is 9.28. The van der Waals surface area contributed by atoms with Gasteiger partial charge >= 0.3 is 6.09 Å². The normalized spacial score (nSPS) is 19.4. The zero-order valence-corrected chi connectivity index (χ0v) is 21.2. The van der Waals surface area contributed by atoms with Gasteiger partial charge in [0.05, 0.1) is 13.2 Å². The van der Waals surface area contributed by atoms with Gasteiger partial charge < -0.3 is 25.0 Å². The monoisotopic (exact) mass is 524 g/mol. The lowest BCUT2D eigenvalue weighted by molar-refractivity contribution is 0.0214. The molecule has 0 aromatic heterocycles. The summed E-state index contributed by atoms with van der Waals surface area (Å²) in [6.07, 6.45) is 4.01. The van der Waals surface area contributed by atoms with E-state index in [1.807, 2.05) is 32.6 Å². The van der Waals surface area contributed by atoms with Crippen molar-refractivity contribution >= 4 is 36.0 Å². The zero-order chi connectivity index (χ0) is 20.8. The van der Waals surface area contributed by atoms with Crippen LogP contribution >= 0.6 is 24.0 Å². The summed E-state index contributed by atoms with van der Waals surface area (Å²) < 4.78 is 5.53. The Labute approximate surface area is 193 Å². The lowest BCUT2D eigenvalue weighted by Gasteiger charge is -2.36. The minimum atomic E-state index is -0.460. The predicted molar refractivity (Wildman–Crippen MR) is 128 cm³/mol. The third-order valence-electron chi connectivity index (χ3n) is 5.62. The van der Waals surface area contributed by atoms with Crippen LogP contribution < -0.4 is 5.32 Å². The summed E-state index contributed by atoms with van der Waals surface area (Å²) in [6.45, 7) is 14.9. The minimum absolute atomic E-state index is 0. The first kappa shape index (κ1) is 26.3. The van der Waals surface area contributed by atoms with E-state index in [1.165, 1.54) is 0 Å². The smallest absolute Gasteiger partial charge is 0.410 e. The number of aliphatic hydroxyl groups is 1. The highest BCUT2D eigenvalue weighted by atomic mass is 127. The number of aliphatic imine (C=N–C) groups is 1. The molecule has 8 heteroatoms. The Bertz CT molecular complexity index is 539. The molecular formula is C21H41IN4O3. The van der Waals surface area contributed by atoms with Gasteiger partial charge in [0.15, 0.2) is 5.96 Å². The SMILES string of the molecule is CCNC(=NCC1(CO)CC1)N1CCC(CN(CC)C(=O)OC(C)(C)C)CC1.I. The molecule has 2 aliphatic rings. The number of hydrogen-bond acceptors (Lipinski definition) is 4. The van der Waals surface area contributed by atoms with Gasteiger partial charge in [-0.1, -0.05) is 0 Å². The second kappa shape index (κ2) is 11.6. The molecule has 0 aromatic rings. The van der Waals surface area contributed by atoms with Crippen LogP contribution in [0.1, 0.15) is 60.3 Å². The lowest BCUT2D eigenvalue weighted by Crippen LogP contribution is -2.48. The van der Waals surface area contributed by atoms with E-state index in [9.17, 15) is 9.90 Å². The number of likely N-dealkylation sites (tertiary alicyclic amines) is 1. The summed E-state index contributed by atoms with van der Waals surface area (Å²) >= 11 is 0. The van der Waals surface area contributed by atoms with Gasteiger partial charge in [-0.05, 0) is 66.2 Å². The maximum atomic E-state index is 12.4. The van der Waals surface area contributed by atoms with Crippen LogP contribution in [0.4, 0.5) is 4.79 Å². The highest BCUT2D eigenvalue weighted by Crippen LogP contribution is 2.45. The van der Waals surface area contributed by atoms with Gasteiger partial charge in [-0.15, -0.1) is 24.0 Å². The van der Waals surface area contributed by atoms with Crippen LogP contribution in [-0.2, 0) is 4.74 Å². The maximum absolute atomic E-state index is 12.4. The fourth-order valence-corrected chi connectivity index (χ4v) is 3.51. The van der Waals surface area contributed by atoms with Crippen LogP contribution in [0.2, 0.25) is 0 Å². The van der Waals surface area contributed by atoms with Crippen LogP contribution in [-0.4, -0.2) is 78.4 Å². The Hall–Kier alpha value is -0.770. The van der Waals surface area contributed by atoms with Crippen LogP contribution in [0.3, 0.4) is 0 Å². The second-order valence-corrected chi connectivity index (χ2v) is 9.28. The minimum Gasteiger partial charge on any atom is -0.444 e. The van der Waals surface area contributed by atoms with Gasteiger partial charge in [-0.25, -0.2) is 4.79 Å². The number of piperidine rings is 1. The van der Waals surface area contributed by atoms with Gasteiger partial charge in [0, 0.05) is 38.1 Å². The molecular weight excluding hydrogens is 483 g/mol. The lowest BCUT2D eigenvalue weighted by atomic mass is 9.96. The molecule has 1 saturated heterocycles. The fourth-order valence-electron chi connectivity index (χ4n) is 3.51. The molecule has 0 unspecified atom stereocenters. The van der Waals surface area contributed by atoms with Crippen molar-refractivity contribution in [3.8, 4) is 0 Å². The van der Waals surface area contributed by atoms with E-state index in [0.29, 0.717) is 19.0 Å². The van der Waals surface area contributed by atoms with E-state index in [0.717, 1.165) is 57.8 Å². The molecule has 29 heavy (non-hydrogen) atoms. The molecule has 1 aliphatic carbocycles. The molecule has 0 aromatic carbocycles. The van der Waals surface area contributed by atoms with E-state index in [-0.39, 0.29) is 42.1 Å².